The summed E-state index contributed by atoms with van der Waals surface area (Å²) in [6.07, 6.45) is 1.98. The molecule has 0 amide bonds. The van der Waals surface area contributed by atoms with Gasteiger partial charge in [0, 0.05) is 22.8 Å². The summed E-state index contributed by atoms with van der Waals surface area (Å²) in [4.78, 5) is 18.9. The van der Waals surface area contributed by atoms with Gasteiger partial charge in [0.15, 0.2) is 0 Å². The number of nitrogens with one attached hydrogen (secondary N) is 1. The van der Waals surface area contributed by atoms with Gasteiger partial charge < -0.3 is 10.4 Å². The molecule has 2 N–H and O–H groups in total. The van der Waals surface area contributed by atoms with E-state index in [4.69, 9.17) is 5.11 Å². The van der Waals surface area contributed by atoms with Gasteiger partial charge >= 0.3 is 5.97 Å². The normalized spacial score (nSPS) is 10.3. The Morgan fingerprint density at radius 3 is 2.90 bits per heavy atom. The van der Waals surface area contributed by atoms with Gasteiger partial charge in [-0.05, 0) is 36.8 Å². The van der Waals surface area contributed by atoms with Gasteiger partial charge in [0.1, 0.15) is 11.6 Å². The fourth-order valence-corrected chi connectivity index (χ4v) is 2.19. The highest BCUT2D eigenvalue weighted by Gasteiger charge is 2.05. The summed E-state index contributed by atoms with van der Waals surface area (Å²) in [5.41, 5.74) is 2.04. The van der Waals surface area contributed by atoms with Crippen molar-refractivity contribution in [3.8, 4) is 0 Å². The molecule has 0 spiro atoms. The minimum Gasteiger partial charge on any atom is -0.481 e. The van der Waals surface area contributed by atoms with Crippen LogP contribution in [0, 0.1) is 6.92 Å². The average Bonchev–Trinajstić information content (AvgIpc) is 2.40. The molecule has 0 fully saturated rings. The van der Waals surface area contributed by atoms with Crippen LogP contribution in [-0.2, 0) is 11.2 Å². The largest absolute Gasteiger partial charge is 0.481 e. The minimum atomic E-state index is -0.851. The van der Waals surface area contributed by atoms with Gasteiger partial charge in [-0.15, -0.1) is 0 Å². The lowest BCUT2D eigenvalue weighted by Gasteiger charge is -2.09. The molecule has 5 nitrogen and oxygen atoms in total. The van der Waals surface area contributed by atoms with E-state index in [0.717, 1.165) is 15.7 Å². The summed E-state index contributed by atoms with van der Waals surface area (Å²) >= 11 is 3.42. The lowest BCUT2D eigenvalue weighted by Crippen LogP contribution is -2.03. The summed E-state index contributed by atoms with van der Waals surface area (Å²) in [5, 5.41) is 11.9. The Hall–Kier alpha value is -1.95. The Morgan fingerprint density at radius 2 is 2.20 bits per heavy atom. The van der Waals surface area contributed by atoms with Crippen LogP contribution in [0.1, 0.15) is 17.8 Å². The molecule has 0 bridgehead atoms. The van der Waals surface area contributed by atoms with Crippen LogP contribution in [0.3, 0.4) is 0 Å². The molecule has 2 aromatic rings. The van der Waals surface area contributed by atoms with Crippen molar-refractivity contribution in [2.75, 3.05) is 5.32 Å². The molecule has 0 atom stereocenters. The zero-order chi connectivity index (χ0) is 14.5. The van der Waals surface area contributed by atoms with Gasteiger partial charge in [-0.1, -0.05) is 15.9 Å². The summed E-state index contributed by atoms with van der Waals surface area (Å²) < 4.78 is 1.02. The molecule has 6 heteroatoms. The molecule has 2 rings (SSSR count). The van der Waals surface area contributed by atoms with Crippen LogP contribution in [0.2, 0.25) is 0 Å². The third kappa shape index (κ3) is 4.03. The second-order valence-corrected chi connectivity index (χ2v) is 5.25. The maximum absolute atomic E-state index is 10.5. The number of carbonyl (C=O) groups is 1. The van der Waals surface area contributed by atoms with Gasteiger partial charge in [-0.3, -0.25) is 4.79 Å². The predicted molar refractivity (Wildman–Crippen MR) is 80.2 cm³/mol. The van der Waals surface area contributed by atoms with Crippen LogP contribution in [-0.4, -0.2) is 21.0 Å². The van der Waals surface area contributed by atoms with E-state index in [9.17, 15) is 4.79 Å². The monoisotopic (exact) mass is 335 g/mol. The van der Waals surface area contributed by atoms with E-state index in [0.29, 0.717) is 18.1 Å². The summed E-state index contributed by atoms with van der Waals surface area (Å²) in [5.74, 6) is 0.327. The predicted octanol–water partition coefficient (Wildman–Crippen LogP) is 3.31. The lowest BCUT2D eigenvalue weighted by molar-refractivity contribution is -0.137. The van der Waals surface area contributed by atoms with Gasteiger partial charge in [-0.2, -0.15) is 0 Å². The molecule has 1 aromatic heterocycles. The maximum Gasteiger partial charge on any atom is 0.303 e. The Morgan fingerprint density at radius 1 is 1.40 bits per heavy atom. The minimum absolute atomic E-state index is 0.0285. The SMILES string of the molecule is Cc1cc(Br)ccc1Nc1ccnc(CCC(=O)O)n1. The standard InChI is InChI=1S/C14H14BrN3O2/c1-9-8-10(15)2-3-11(9)17-13-6-7-16-12(18-13)4-5-14(19)20/h2-3,6-8H,4-5H2,1H3,(H,19,20)(H,16,17,18). The number of nitrogens with zero attached hydrogens (tertiary/aromatic N) is 2. The molecule has 0 saturated heterocycles. The van der Waals surface area contributed by atoms with Crippen LogP contribution in [0.25, 0.3) is 0 Å². The maximum atomic E-state index is 10.5. The Kier molecular flexibility index (Phi) is 4.68. The highest BCUT2D eigenvalue weighted by Crippen LogP contribution is 2.22. The molecule has 104 valence electrons. The summed E-state index contributed by atoms with van der Waals surface area (Å²) in [6.45, 7) is 2.00. The van der Waals surface area contributed by atoms with Gasteiger partial charge in [-0.25, -0.2) is 9.97 Å². The number of aromatic nitrogens is 2. The molecule has 0 saturated carbocycles. The molecule has 1 heterocycles. The van der Waals surface area contributed by atoms with Crippen molar-refractivity contribution in [2.45, 2.75) is 19.8 Å². The molecular weight excluding hydrogens is 322 g/mol. The Labute approximate surface area is 125 Å². The van der Waals surface area contributed by atoms with E-state index in [1.54, 1.807) is 12.3 Å². The van der Waals surface area contributed by atoms with E-state index in [2.05, 4.69) is 31.2 Å². The molecule has 0 aliphatic heterocycles. The van der Waals surface area contributed by atoms with Crippen molar-refractivity contribution in [2.24, 2.45) is 0 Å². The number of carboxylic acid groups (broad SMARTS) is 1. The number of anilines is 2. The van der Waals surface area contributed by atoms with Crippen LogP contribution < -0.4 is 5.32 Å². The first kappa shape index (κ1) is 14.5. The van der Waals surface area contributed by atoms with Gasteiger partial charge in [0.2, 0.25) is 0 Å². The van der Waals surface area contributed by atoms with E-state index < -0.39 is 5.97 Å². The lowest BCUT2D eigenvalue weighted by atomic mass is 10.2. The molecule has 0 radical (unpaired) electrons. The van der Waals surface area contributed by atoms with Crippen molar-refractivity contribution in [1.82, 2.24) is 9.97 Å². The van der Waals surface area contributed by atoms with Crippen molar-refractivity contribution >= 4 is 33.4 Å². The van der Waals surface area contributed by atoms with E-state index in [1.165, 1.54) is 0 Å². The van der Waals surface area contributed by atoms with Gasteiger partial charge in [0.05, 0.1) is 6.42 Å². The third-order valence-electron chi connectivity index (χ3n) is 2.72. The second kappa shape index (κ2) is 6.47. The van der Waals surface area contributed by atoms with Gasteiger partial charge in [0.25, 0.3) is 0 Å². The fraction of sp³-hybridized carbons (Fsp3) is 0.214. The van der Waals surface area contributed by atoms with Crippen molar-refractivity contribution in [3.63, 3.8) is 0 Å². The smallest absolute Gasteiger partial charge is 0.303 e. The molecule has 0 aliphatic carbocycles. The zero-order valence-electron chi connectivity index (χ0n) is 10.9. The van der Waals surface area contributed by atoms with Crippen LogP contribution in [0.15, 0.2) is 34.9 Å². The second-order valence-electron chi connectivity index (χ2n) is 4.34. The molecule has 0 unspecified atom stereocenters. The summed E-state index contributed by atoms with van der Waals surface area (Å²) in [7, 11) is 0. The van der Waals surface area contributed by atoms with Crippen LogP contribution >= 0.6 is 15.9 Å². The molecule has 1 aromatic carbocycles. The number of carboxylic acids is 1. The van der Waals surface area contributed by atoms with Crippen molar-refractivity contribution in [1.29, 1.82) is 0 Å². The number of rotatable bonds is 5. The quantitative estimate of drug-likeness (QED) is 0.876. The van der Waals surface area contributed by atoms with E-state index in [-0.39, 0.29) is 6.42 Å². The van der Waals surface area contributed by atoms with Crippen molar-refractivity contribution in [3.05, 3.63) is 46.3 Å². The number of halogens is 1. The molecule has 20 heavy (non-hydrogen) atoms. The van der Waals surface area contributed by atoms with E-state index in [1.807, 2.05) is 25.1 Å². The number of aryl methyl sites for hydroxylation is 2. The zero-order valence-corrected chi connectivity index (χ0v) is 12.5. The number of hydrogen-bond donors (Lipinski definition) is 2. The first-order valence-electron chi connectivity index (χ1n) is 6.11. The third-order valence-corrected chi connectivity index (χ3v) is 3.21. The Bertz CT molecular complexity index is 632. The fourth-order valence-electron chi connectivity index (χ4n) is 1.71. The molecular formula is C14H14BrN3O2. The van der Waals surface area contributed by atoms with Crippen LogP contribution in [0.5, 0.6) is 0 Å². The molecule has 0 aliphatic rings. The number of aliphatic carboxylic acids is 1. The average molecular weight is 336 g/mol. The van der Waals surface area contributed by atoms with E-state index >= 15 is 0 Å². The Balaban J connectivity index is 2.13. The topological polar surface area (TPSA) is 75.1 Å². The summed E-state index contributed by atoms with van der Waals surface area (Å²) in [6, 6.07) is 7.67. The number of hydrogen-bond acceptors (Lipinski definition) is 4. The highest BCUT2D eigenvalue weighted by atomic mass is 79.9. The number of benzene rings is 1. The van der Waals surface area contributed by atoms with Crippen LogP contribution in [0.4, 0.5) is 11.5 Å². The highest BCUT2D eigenvalue weighted by molar-refractivity contribution is 9.10. The first-order valence-corrected chi connectivity index (χ1v) is 6.91. The van der Waals surface area contributed by atoms with Crippen molar-refractivity contribution < 1.29 is 9.90 Å². The first-order chi connectivity index (χ1) is 9.54.